The van der Waals surface area contributed by atoms with Crippen LogP contribution in [0.15, 0.2) is 36.4 Å². The fraction of sp³-hybridized carbons (Fsp3) is 0.552. The lowest BCUT2D eigenvalue weighted by molar-refractivity contribution is -0.138. The van der Waals surface area contributed by atoms with Gasteiger partial charge in [0.1, 0.15) is 5.82 Å². The summed E-state index contributed by atoms with van der Waals surface area (Å²) in [6.45, 7) is 8.30. The van der Waals surface area contributed by atoms with Crippen LogP contribution in [0.4, 0.5) is 10.6 Å². The molecule has 5 rings (SSSR count). The summed E-state index contributed by atoms with van der Waals surface area (Å²) < 4.78 is 4.84. The molecule has 0 atom stereocenters. The van der Waals surface area contributed by atoms with E-state index in [0.717, 1.165) is 63.4 Å². The predicted molar refractivity (Wildman–Crippen MR) is 156 cm³/mol. The minimum atomic E-state index is -0.895. The Balaban J connectivity index is 0.000000357. The lowest BCUT2D eigenvalue weighted by Crippen LogP contribution is -2.67. The zero-order valence-corrected chi connectivity index (χ0v) is 24.6. The lowest BCUT2D eigenvalue weighted by Gasteiger charge is -2.61. The van der Waals surface area contributed by atoms with E-state index >= 15 is 0 Å². The predicted octanol–water partition coefficient (Wildman–Crippen LogP) is 6.01. The summed E-state index contributed by atoms with van der Waals surface area (Å²) in [6, 6.07) is 11.5. The van der Waals surface area contributed by atoms with Crippen molar-refractivity contribution in [2.75, 3.05) is 45.2 Å². The van der Waals surface area contributed by atoms with Crippen LogP contribution in [0.2, 0.25) is 10.0 Å². The number of carbonyl (C=O) groups excluding carboxylic acids is 1. The number of carboxylic acid groups (broad SMARTS) is 1. The standard InChI is InChI=1S/C21H30N4O4.C6H4Cl2.C2H6/c1-29-20(28)25(10-7-18(26)27)17-11-21(12-17)13-24(14-21)9-6-16-5-4-15-3-2-8-22-19(15)23-16;7-5-2-1-3-6(8)4-5;1-2/h4-5,17H,2-3,6-14H2,1H3,(H,22,23)(H,26,27);1-4H;1-2H3. The number of hydrogen-bond acceptors (Lipinski definition) is 6. The molecule has 2 N–H and O–H groups in total. The Kier molecular flexibility index (Phi) is 11.7. The monoisotopic (exact) mass is 578 g/mol. The molecule has 8 nitrogen and oxygen atoms in total. The summed E-state index contributed by atoms with van der Waals surface area (Å²) >= 11 is 11.1. The van der Waals surface area contributed by atoms with E-state index in [1.165, 1.54) is 19.1 Å². The molecule has 10 heteroatoms. The minimum absolute atomic E-state index is 0.0483. The number of aryl methyl sites for hydroxylation is 1. The Morgan fingerprint density at radius 1 is 1.18 bits per heavy atom. The van der Waals surface area contributed by atoms with Gasteiger partial charge in [0.15, 0.2) is 0 Å². The largest absolute Gasteiger partial charge is 0.481 e. The number of benzene rings is 1. The molecule has 1 aromatic heterocycles. The number of anilines is 1. The Hall–Kier alpha value is -2.55. The van der Waals surface area contributed by atoms with Crippen LogP contribution in [0, 0.1) is 5.41 Å². The number of methoxy groups -OCH3 is 1. The Labute approximate surface area is 241 Å². The fourth-order valence-corrected chi connectivity index (χ4v) is 5.91. The van der Waals surface area contributed by atoms with Crippen molar-refractivity contribution in [1.82, 2.24) is 14.8 Å². The highest BCUT2D eigenvalue weighted by molar-refractivity contribution is 6.34. The maximum absolute atomic E-state index is 12.0. The molecule has 214 valence electrons. The maximum atomic E-state index is 12.0. The Morgan fingerprint density at radius 2 is 1.87 bits per heavy atom. The van der Waals surface area contributed by atoms with Crippen LogP contribution in [0.3, 0.4) is 0 Å². The van der Waals surface area contributed by atoms with Crippen molar-refractivity contribution in [3.05, 3.63) is 57.7 Å². The molecule has 1 aromatic carbocycles. The van der Waals surface area contributed by atoms with Crippen molar-refractivity contribution in [1.29, 1.82) is 0 Å². The molecular weight excluding hydrogens is 539 g/mol. The summed E-state index contributed by atoms with van der Waals surface area (Å²) in [4.78, 5) is 31.7. The first-order valence-electron chi connectivity index (χ1n) is 13.7. The SMILES string of the molecule is CC.COC(=O)N(CCC(=O)O)C1CC2(C1)CN(CCc1ccc3c(n1)NCCC3)C2.Clc1cccc(Cl)c1. The number of rotatable bonds is 7. The lowest BCUT2D eigenvalue weighted by atomic mass is 9.60. The summed E-state index contributed by atoms with van der Waals surface area (Å²) in [5.41, 5.74) is 2.74. The second-order valence-electron chi connectivity index (χ2n) is 10.1. The number of likely N-dealkylation sites (tertiary alicyclic amines) is 1. The van der Waals surface area contributed by atoms with Crippen LogP contribution in [0.5, 0.6) is 0 Å². The third kappa shape index (κ3) is 8.72. The van der Waals surface area contributed by atoms with Crippen LogP contribution in [-0.4, -0.2) is 77.8 Å². The van der Waals surface area contributed by atoms with Crippen LogP contribution >= 0.6 is 23.2 Å². The van der Waals surface area contributed by atoms with Gasteiger partial charge >= 0.3 is 12.1 Å². The van der Waals surface area contributed by atoms with Gasteiger partial charge in [-0.05, 0) is 60.9 Å². The number of amides is 1. The van der Waals surface area contributed by atoms with Gasteiger partial charge in [-0.3, -0.25) is 4.79 Å². The topological polar surface area (TPSA) is 95.0 Å². The zero-order valence-electron chi connectivity index (χ0n) is 23.1. The number of aromatic nitrogens is 1. The average molecular weight is 580 g/mol. The summed E-state index contributed by atoms with van der Waals surface area (Å²) in [5.74, 6) is 0.161. The number of ether oxygens (including phenoxy) is 1. The van der Waals surface area contributed by atoms with Gasteiger partial charge in [0.25, 0.3) is 0 Å². The molecule has 0 unspecified atom stereocenters. The molecule has 2 aliphatic heterocycles. The molecule has 0 radical (unpaired) electrons. The molecule has 3 aliphatic rings. The van der Waals surface area contributed by atoms with Crippen LogP contribution in [0.25, 0.3) is 0 Å². The van der Waals surface area contributed by atoms with Gasteiger partial charge in [0.2, 0.25) is 0 Å². The van der Waals surface area contributed by atoms with Crippen molar-refractivity contribution in [2.45, 2.75) is 58.4 Å². The molecule has 1 amide bonds. The summed E-state index contributed by atoms with van der Waals surface area (Å²) in [5, 5.41) is 13.7. The number of pyridine rings is 1. The Bertz CT molecular complexity index is 1090. The number of nitrogens with one attached hydrogen (secondary N) is 1. The third-order valence-electron chi connectivity index (χ3n) is 7.29. The van der Waals surface area contributed by atoms with Gasteiger partial charge in [-0.2, -0.15) is 0 Å². The number of carbonyl (C=O) groups is 2. The van der Waals surface area contributed by atoms with Crippen molar-refractivity contribution < 1.29 is 19.4 Å². The molecule has 3 heterocycles. The van der Waals surface area contributed by atoms with Crippen molar-refractivity contribution in [3.8, 4) is 0 Å². The van der Waals surface area contributed by atoms with Crippen molar-refractivity contribution in [3.63, 3.8) is 0 Å². The van der Waals surface area contributed by atoms with Crippen LogP contribution in [-0.2, 0) is 22.4 Å². The quantitative estimate of drug-likeness (QED) is 0.415. The van der Waals surface area contributed by atoms with E-state index in [0.29, 0.717) is 10.0 Å². The maximum Gasteiger partial charge on any atom is 0.409 e. The molecule has 1 spiro atoms. The first-order chi connectivity index (χ1) is 18.8. The number of aliphatic carboxylic acids is 1. The number of hydrogen-bond donors (Lipinski definition) is 2. The van der Waals surface area contributed by atoms with E-state index in [1.54, 1.807) is 23.1 Å². The molecule has 1 saturated heterocycles. The van der Waals surface area contributed by atoms with E-state index in [2.05, 4.69) is 22.3 Å². The van der Waals surface area contributed by atoms with Gasteiger partial charge in [-0.15, -0.1) is 0 Å². The summed E-state index contributed by atoms with van der Waals surface area (Å²) in [7, 11) is 1.35. The van der Waals surface area contributed by atoms with E-state index in [-0.39, 0.29) is 24.4 Å². The average Bonchev–Trinajstić information content (AvgIpc) is 2.89. The smallest absolute Gasteiger partial charge is 0.409 e. The summed E-state index contributed by atoms with van der Waals surface area (Å²) in [6.07, 6.45) is 4.62. The van der Waals surface area contributed by atoms with Crippen LogP contribution in [0.1, 0.15) is 50.8 Å². The van der Waals surface area contributed by atoms with Gasteiger partial charge in [-0.25, -0.2) is 9.78 Å². The molecular formula is C29H40Cl2N4O4. The molecule has 2 fully saturated rings. The van der Waals surface area contributed by atoms with Crippen molar-refractivity contribution in [2.24, 2.45) is 5.41 Å². The van der Waals surface area contributed by atoms with Crippen LogP contribution < -0.4 is 5.32 Å². The second-order valence-corrected chi connectivity index (χ2v) is 11.0. The van der Waals surface area contributed by atoms with Gasteiger partial charge in [-0.1, -0.05) is 49.2 Å². The first kappa shape index (κ1) is 31.0. The number of nitrogens with zero attached hydrogens (tertiary/aromatic N) is 3. The van der Waals surface area contributed by atoms with Gasteiger partial charge in [0, 0.05) is 60.9 Å². The number of fused-ring (bicyclic) bond motifs is 1. The number of halogens is 2. The number of carboxylic acids is 1. The molecule has 1 aliphatic carbocycles. The second kappa shape index (κ2) is 14.7. The zero-order chi connectivity index (χ0) is 28.4. The highest BCUT2D eigenvalue weighted by atomic mass is 35.5. The molecule has 0 bridgehead atoms. The van der Waals surface area contributed by atoms with Gasteiger partial charge < -0.3 is 25.0 Å². The highest BCUT2D eigenvalue weighted by Gasteiger charge is 2.54. The third-order valence-corrected chi connectivity index (χ3v) is 7.76. The van der Waals surface area contributed by atoms with Crippen molar-refractivity contribution >= 4 is 41.1 Å². The van der Waals surface area contributed by atoms with E-state index in [1.807, 2.05) is 19.9 Å². The van der Waals surface area contributed by atoms with Gasteiger partial charge in [0.05, 0.1) is 13.5 Å². The molecule has 2 aromatic rings. The highest BCUT2D eigenvalue weighted by Crippen LogP contribution is 2.50. The van der Waals surface area contributed by atoms with E-state index in [4.69, 9.17) is 38.0 Å². The minimum Gasteiger partial charge on any atom is -0.481 e. The molecule has 39 heavy (non-hydrogen) atoms. The first-order valence-corrected chi connectivity index (χ1v) is 14.4. The van der Waals surface area contributed by atoms with E-state index in [9.17, 15) is 9.59 Å². The normalized spacial score (nSPS) is 17.1. The fourth-order valence-electron chi connectivity index (χ4n) is 5.48. The van der Waals surface area contributed by atoms with E-state index < -0.39 is 12.1 Å². The molecule has 1 saturated carbocycles. The Morgan fingerprint density at radius 3 is 2.46 bits per heavy atom.